The minimum Gasteiger partial charge on any atom is -0.406 e. The topological polar surface area (TPSA) is 97.6 Å². The highest BCUT2D eigenvalue weighted by molar-refractivity contribution is 7.90. The molecule has 3 aromatic carbocycles. The lowest BCUT2D eigenvalue weighted by Gasteiger charge is -2.21. The Morgan fingerprint density at radius 1 is 1.12 bits per heavy atom. The third kappa shape index (κ3) is 6.25. The zero-order valence-electron chi connectivity index (χ0n) is 21.8. The Kier molecular flexibility index (Phi) is 7.58. The number of nitrogens with zero attached hydrogens (tertiary/aromatic N) is 3. The van der Waals surface area contributed by atoms with Gasteiger partial charge in [-0.05, 0) is 71.7 Å². The maximum Gasteiger partial charge on any atom is 0.573 e. The van der Waals surface area contributed by atoms with Crippen LogP contribution >= 0.6 is 12.2 Å². The van der Waals surface area contributed by atoms with E-state index < -0.39 is 16.2 Å². The van der Waals surface area contributed by atoms with Crippen LogP contribution < -0.4 is 15.5 Å². The third-order valence-electron chi connectivity index (χ3n) is 6.33. The molecule has 0 unspecified atom stereocenters. The number of ether oxygens (including phenoxy) is 1. The number of hydrazone groups is 1. The molecule has 212 valence electrons. The van der Waals surface area contributed by atoms with Crippen molar-refractivity contribution < 1.29 is 26.3 Å². The van der Waals surface area contributed by atoms with Gasteiger partial charge in [-0.2, -0.15) is 5.10 Å². The molecule has 1 aliphatic rings. The maximum atomic E-state index is 13.3. The third-order valence-corrected chi connectivity index (χ3v) is 8.13. The molecule has 5 rings (SSSR count). The molecule has 4 aromatic rings. The number of nitrogens with one attached hydrogen (secondary N) is 2. The van der Waals surface area contributed by atoms with Crippen LogP contribution in [0.1, 0.15) is 30.9 Å². The largest absolute Gasteiger partial charge is 0.573 e. The van der Waals surface area contributed by atoms with E-state index in [1.54, 1.807) is 12.1 Å². The summed E-state index contributed by atoms with van der Waals surface area (Å²) in [7, 11) is -3.78. The van der Waals surface area contributed by atoms with Crippen LogP contribution in [0.4, 0.5) is 18.9 Å². The fourth-order valence-electron chi connectivity index (χ4n) is 4.51. The number of halogens is 3. The van der Waals surface area contributed by atoms with E-state index in [0.717, 1.165) is 23.4 Å². The summed E-state index contributed by atoms with van der Waals surface area (Å²) in [5, 5.41) is 7.56. The van der Waals surface area contributed by atoms with Crippen molar-refractivity contribution in [2.45, 2.75) is 36.9 Å². The summed E-state index contributed by atoms with van der Waals surface area (Å²) in [5.74, 6) is -0.0323. The van der Waals surface area contributed by atoms with Crippen LogP contribution in [0.2, 0.25) is 0 Å². The lowest BCUT2D eigenvalue weighted by atomic mass is 10.0. The summed E-state index contributed by atoms with van der Waals surface area (Å²) in [5.41, 5.74) is 6.61. The summed E-state index contributed by atoms with van der Waals surface area (Å²) in [4.78, 5) is 4.52. The minimum atomic E-state index is -4.81. The van der Waals surface area contributed by atoms with Crippen molar-refractivity contribution in [3.8, 4) is 28.4 Å². The van der Waals surface area contributed by atoms with Crippen molar-refractivity contribution in [3.05, 3.63) is 84.1 Å². The first kappa shape index (κ1) is 28.3. The molecule has 41 heavy (non-hydrogen) atoms. The van der Waals surface area contributed by atoms with Gasteiger partial charge < -0.3 is 14.6 Å². The monoisotopic (exact) mass is 599 g/mol. The van der Waals surface area contributed by atoms with Crippen LogP contribution in [-0.2, 0) is 15.7 Å². The van der Waals surface area contributed by atoms with Crippen molar-refractivity contribution in [1.29, 1.82) is 0 Å². The van der Waals surface area contributed by atoms with E-state index in [2.05, 4.69) is 39.4 Å². The average molecular weight is 600 g/mol. The van der Waals surface area contributed by atoms with Crippen LogP contribution in [0.3, 0.4) is 0 Å². The Balaban J connectivity index is 1.34. The molecule has 1 aromatic heterocycles. The highest BCUT2D eigenvalue weighted by Crippen LogP contribution is 2.37. The minimum absolute atomic E-state index is 0.103. The molecule has 0 saturated heterocycles. The van der Waals surface area contributed by atoms with Gasteiger partial charge in [0.2, 0.25) is 0 Å². The number of para-hydroxylation sites is 1. The van der Waals surface area contributed by atoms with Crippen molar-refractivity contribution in [3.63, 3.8) is 0 Å². The molecule has 0 bridgehead atoms. The van der Waals surface area contributed by atoms with Gasteiger partial charge in [-0.25, -0.2) is 13.4 Å². The molecular weight excluding hydrogens is 575 g/mol. The Bertz CT molecular complexity index is 1750. The number of thiocarbonyl (C=S) groups is 1. The number of benzene rings is 3. The molecular formula is C28H24F3N5O3S2. The summed E-state index contributed by atoms with van der Waals surface area (Å²) in [6.45, 7) is 4.17. The van der Waals surface area contributed by atoms with Gasteiger partial charge in [-0.1, -0.05) is 38.1 Å². The van der Waals surface area contributed by atoms with Gasteiger partial charge in [0.15, 0.2) is 14.9 Å². The fourth-order valence-corrected chi connectivity index (χ4v) is 6.22. The average Bonchev–Trinajstić information content (AvgIpc) is 3.31. The number of alkyl halides is 3. The Morgan fingerprint density at radius 2 is 1.85 bits per heavy atom. The normalized spacial score (nSPS) is 14.0. The highest BCUT2D eigenvalue weighted by atomic mass is 32.2. The van der Waals surface area contributed by atoms with Crippen molar-refractivity contribution in [2.24, 2.45) is 5.10 Å². The second-order valence-corrected chi connectivity index (χ2v) is 11.9. The van der Waals surface area contributed by atoms with Gasteiger partial charge in [0.05, 0.1) is 23.0 Å². The predicted molar refractivity (Wildman–Crippen MR) is 154 cm³/mol. The first-order valence-electron chi connectivity index (χ1n) is 12.4. The van der Waals surface area contributed by atoms with E-state index in [4.69, 9.17) is 12.2 Å². The number of rotatable bonds is 6. The lowest BCUT2D eigenvalue weighted by Crippen LogP contribution is -2.24. The first-order chi connectivity index (χ1) is 19.4. The first-order valence-corrected chi connectivity index (χ1v) is 14.5. The van der Waals surface area contributed by atoms with Crippen LogP contribution in [-0.4, -0.2) is 35.7 Å². The molecule has 0 radical (unpaired) electrons. The second-order valence-electron chi connectivity index (χ2n) is 9.53. The second kappa shape index (κ2) is 11.0. The fraction of sp³-hybridized carbons (Fsp3) is 0.179. The molecule has 0 atom stereocenters. The van der Waals surface area contributed by atoms with E-state index >= 15 is 0 Å². The van der Waals surface area contributed by atoms with Crippen molar-refractivity contribution in [2.75, 3.05) is 5.32 Å². The summed E-state index contributed by atoms with van der Waals surface area (Å²) in [6.07, 6.45) is -1.85. The quantitative estimate of drug-likeness (QED) is 0.152. The summed E-state index contributed by atoms with van der Waals surface area (Å²) in [6, 6.07) is 17.8. The number of hydrogen-bond acceptors (Lipinski definition) is 6. The van der Waals surface area contributed by atoms with Crippen LogP contribution in [0.15, 0.2) is 82.9 Å². The van der Waals surface area contributed by atoms with Gasteiger partial charge in [-0.3, -0.25) is 5.43 Å². The number of anilines is 1. The van der Waals surface area contributed by atoms with Crippen molar-refractivity contribution in [1.82, 2.24) is 15.0 Å². The highest BCUT2D eigenvalue weighted by Gasteiger charge is 2.32. The molecule has 0 aliphatic carbocycles. The molecule has 13 heteroatoms. The summed E-state index contributed by atoms with van der Waals surface area (Å²) >= 11 is 5.35. The zero-order chi connectivity index (χ0) is 29.4. The van der Waals surface area contributed by atoms with E-state index in [0.29, 0.717) is 34.1 Å². The van der Waals surface area contributed by atoms with Gasteiger partial charge in [-0.15, -0.1) is 13.2 Å². The molecule has 0 spiro atoms. The smallest absolute Gasteiger partial charge is 0.406 e. The van der Waals surface area contributed by atoms with E-state index in [1.165, 1.54) is 35.2 Å². The van der Waals surface area contributed by atoms with Crippen LogP contribution in [0.25, 0.3) is 22.6 Å². The Morgan fingerprint density at radius 3 is 2.56 bits per heavy atom. The molecule has 2 N–H and O–H groups in total. The number of aromatic nitrogens is 2. The van der Waals surface area contributed by atoms with E-state index in [9.17, 15) is 21.6 Å². The lowest BCUT2D eigenvalue weighted by molar-refractivity contribution is -0.274. The molecule has 2 heterocycles. The number of hydrogen-bond donors (Lipinski definition) is 2. The van der Waals surface area contributed by atoms with Gasteiger partial charge in [0.25, 0.3) is 0 Å². The molecule has 0 fully saturated rings. The Hall–Kier alpha value is -4.23. The van der Waals surface area contributed by atoms with Gasteiger partial charge >= 0.3 is 6.36 Å². The molecule has 1 aliphatic heterocycles. The molecule has 0 amide bonds. The van der Waals surface area contributed by atoms with Crippen LogP contribution in [0, 0.1) is 0 Å². The Labute approximate surface area is 239 Å². The zero-order valence-corrected chi connectivity index (χ0v) is 23.4. The number of imidazole rings is 1. The molecule has 0 saturated carbocycles. The van der Waals surface area contributed by atoms with Gasteiger partial charge in [0, 0.05) is 16.8 Å². The number of sulfone groups is 1. The number of fused-ring (bicyclic) bond motifs is 3. The molecule has 8 nitrogen and oxygen atoms in total. The van der Waals surface area contributed by atoms with Crippen LogP contribution in [0.5, 0.6) is 5.75 Å². The SMILES string of the molecule is CC(C)c1ccccc1NC(=S)N/N=C/c1ccc2c(c1)S(=O)(=O)Cn1c(-c3ccc(OC(F)(F)F)cc3)cnc1-2. The van der Waals surface area contributed by atoms with E-state index in [1.807, 2.05) is 24.3 Å². The standard InChI is InChI=1S/C28H24F3N5O3S2/c1-17(2)21-5-3-4-6-23(21)34-27(40)35-33-14-18-7-12-22-25(13-18)41(37,38)16-36-24(15-32-26(22)36)19-8-10-20(11-9-19)39-28(29,30)31/h3-15,17H,16H2,1-2H3,(H2,34,35,40)/b33-14+. The van der Waals surface area contributed by atoms with Gasteiger partial charge in [0.1, 0.15) is 17.5 Å². The van der Waals surface area contributed by atoms with Crippen molar-refractivity contribution >= 4 is 39.1 Å². The summed E-state index contributed by atoms with van der Waals surface area (Å²) < 4.78 is 69.4. The maximum absolute atomic E-state index is 13.3. The van der Waals surface area contributed by atoms with E-state index in [-0.39, 0.29) is 21.6 Å². The predicted octanol–water partition coefficient (Wildman–Crippen LogP) is 6.30.